The van der Waals surface area contributed by atoms with E-state index in [1.165, 1.54) is 10.4 Å². The van der Waals surface area contributed by atoms with Crippen LogP contribution in [-0.2, 0) is 19.9 Å². The standard InChI is InChI=1S/C19H21NO4S2/c1-14-7-9-18(10-8-14)26(23,24)20(17-11-12-25(21,22)13-17)19-6-4-5-15(2)16(19)3/h4-12,17H,13H2,1-3H3. The molecule has 0 aliphatic carbocycles. The van der Waals surface area contributed by atoms with Gasteiger partial charge >= 0.3 is 0 Å². The minimum Gasteiger partial charge on any atom is -0.258 e. The van der Waals surface area contributed by atoms with Crippen LogP contribution in [0.2, 0.25) is 0 Å². The van der Waals surface area contributed by atoms with Crippen molar-refractivity contribution < 1.29 is 16.8 Å². The zero-order chi connectivity index (χ0) is 19.1. The third-order valence-corrected chi connectivity index (χ3v) is 7.83. The van der Waals surface area contributed by atoms with Gasteiger partial charge in [0.1, 0.15) is 0 Å². The number of hydrogen-bond donors (Lipinski definition) is 0. The SMILES string of the molecule is Cc1ccc(S(=O)(=O)N(c2cccc(C)c2C)C2C=CS(=O)(=O)C2)cc1. The van der Waals surface area contributed by atoms with Crippen molar-refractivity contribution in [2.24, 2.45) is 0 Å². The zero-order valence-electron chi connectivity index (χ0n) is 14.9. The van der Waals surface area contributed by atoms with Gasteiger partial charge in [0.2, 0.25) is 0 Å². The van der Waals surface area contributed by atoms with Crippen molar-refractivity contribution in [2.45, 2.75) is 31.7 Å². The molecule has 0 N–H and O–H groups in total. The largest absolute Gasteiger partial charge is 0.264 e. The lowest BCUT2D eigenvalue weighted by Gasteiger charge is -2.30. The summed E-state index contributed by atoms with van der Waals surface area (Å²) in [5.74, 6) is -0.258. The molecule has 0 saturated carbocycles. The molecular weight excluding hydrogens is 370 g/mol. The molecule has 5 nitrogen and oxygen atoms in total. The summed E-state index contributed by atoms with van der Waals surface area (Å²) in [6, 6.07) is 11.2. The number of benzene rings is 2. The second kappa shape index (κ2) is 6.55. The smallest absolute Gasteiger partial charge is 0.258 e. The molecule has 1 heterocycles. The Morgan fingerprint density at radius 1 is 1.00 bits per heavy atom. The summed E-state index contributed by atoms with van der Waals surface area (Å²) >= 11 is 0. The number of aryl methyl sites for hydroxylation is 2. The predicted molar refractivity (Wildman–Crippen MR) is 103 cm³/mol. The van der Waals surface area contributed by atoms with Crippen LogP contribution in [0.25, 0.3) is 0 Å². The fourth-order valence-corrected chi connectivity index (χ4v) is 6.02. The third kappa shape index (κ3) is 3.41. The number of sulfone groups is 1. The Morgan fingerprint density at radius 3 is 2.23 bits per heavy atom. The van der Waals surface area contributed by atoms with E-state index in [2.05, 4.69) is 0 Å². The van der Waals surface area contributed by atoms with Gasteiger partial charge in [0, 0.05) is 5.41 Å². The van der Waals surface area contributed by atoms with Crippen LogP contribution in [0, 0.1) is 20.8 Å². The fraction of sp³-hybridized carbons (Fsp3) is 0.263. The second-order valence-electron chi connectivity index (χ2n) is 6.56. The summed E-state index contributed by atoms with van der Waals surface area (Å²) in [4.78, 5) is 0.140. The van der Waals surface area contributed by atoms with Crippen molar-refractivity contribution >= 4 is 25.5 Å². The van der Waals surface area contributed by atoms with E-state index in [1.807, 2.05) is 26.8 Å². The molecule has 0 aromatic heterocycles. The summed E-state index contributed by atoms with van der Waals surface area (Å²) in [5, 5.41) is 1.10. The number of anilines is 1. The molecule has 2 aromatic rings. The van der Waals surface area contributed by atoms with Gasteiger partial charge in [-0.1, -0.05) is 29.8 Å². The number of hydrogen-bond acceptors (Lipinski definition) is 4. The first-order valence-corrected chi connectivity index (χ1v) is 11.4. The van der Waals surface area contributed by atoms with Crippen LogP contribution < -0.4 is 4.31 Å². The zero-order valence-corrected chi connectivity index (χ0v) is 16.5. The monoisotopic (exact) mass is 391 g/mol. The maximum atomic E-state index is 13.4. The lowest BCUT2D eigenvalue weighted by atomic mass is 10.1. The molecule has 1 aliphatic rings. The first kappa shape index (κ1) is 18.7. The van der Waals surface area contributed by atoms with E-state index in [-0.39, 0.29) is 10.6 Å². The van der Waals surface area contributed by atoms with Gasteiger partial charge < -0.3 is 0 Å². The van der Waals surface area contributed by atoms with Crippen LogP contribution in [0.1, 0.15) is 16.7 Å². The maximum absolute atomic E-state index is 13.4. The van der Waals surface area contributed by atoms with Crippen molar-refractivity contribution in [3.63, 3.8) is 0 Å². The van der Waals surface area contributed by atoms with Crippen molar-refractivity contribution in [1.29, 1.82) is 0 Å². The quantitative estimate of drug-likeness (QED) is 0.803. The normalized spacial score (nSPS) is 18.8. The highest BCUT2D eigenvalue weighted by atomic mass is 32.2. The first-order valence-electron chi connectivity index (χ1n) is 8.20. The summed E-state index contributed by atoms with van der Waals surface area (Å²) in [6.45, 7) is 5.62. The lowest BCUT2D eigenvalue weighted by molar-refractivity contribution is 0.586. The van der Waals surface area contributed by atoms with Gasteiger partial charge in [-0.3, -0.25) is 4.31 Å². The predicted octanol–water partition coefficient (Wildman–Crippen LogP) is 3.12. The third-order valence-electron chi connectivity index (χ3n) is 4.60. The van der Waals surface area contributed by atoms with Crippen LogP contribution in [0.15, 0.2) is 58.8 Å². The van der Waals surface area contributed by atoms with Crippen molar-refractivity contribution in [3.8, 4) is 0 Å². The van der Waals surface area contributed by atoms with Crippen molar-refractivity contribution in [3.05, 3.63) is 70.6 Å². The first-order chi connectivity index (χ1) is 12.1. The highest BCUT2D eigenvalue weighted by Crippen LogP contribution is 2.33. The average Bonchev–Trinajstić information content (AvgIpc) is 2.91. The molecule has 138 valence electrons. The lowest BCUT2D eigenvalue weighted by Crippen LogP contribution is -2.41. The van der Waals surface area contributed by atoms with E-state index < -0.39 is 25.9 Å². The molecule has 1 atom stereocenters. The molecule has 0 fully saturated rings. The van der Waals surface area contributed by atoms with Gasteiger partial charge in [0.25, 0.3) is 10.0 Å². The Kier molecular flexibility index (Phi) is 4.71. The Balaban J connectivity index is 2.19. The van der Waals surface area contributed by atoms with Crippen molar-refractivity contribution in [1.82, 2.24) is 0 Å². The number of nitrogens with zero attached hydrogens (tertiary/aromatic N) is 1. The molecule has 0 spiro atoms. The fourth-order valence-electron chi connectivity index (χ4n) is 2.99. The highest BCUT2D eigenvalue weighted by molar-refractivity contribution is 7.95. The molecule has 0 bridgehead atoms. The molecule has 0 saturated heterocycles. The molecule has 26 heavy (non-hydrogen) atoms. The average molecular weight is 392 g/mol. The minimum atomic E-state index is -3.93. The van der Waals surface area contributed by atoms with Crippen LogP contribution in [0.3, 0.4) is 0 Å². The summed E-state index contributed by atoms with van der Waals surface area (Å²) < 4.78 is 51.9. The second-order valence-corrected chi connectivity index (χ2v) is 10.3. The van der Waals surface area contributed by atoms with Gasteiger partial charge in [-0.05, 0) is 56.2 Å². The molecule has 7 heteroatoms. The number of rotatable bonds is 4. The van der Waals surface area contributed by atoms with Crippen molar-refractivity contribution in [2.75, 3.05) is 10.1 Å². The molecular formula is C19H21NO4S2. The van der Waals surface area contributed by atoms with Crippen LogP contribution in [0.5, 0.6) is 0 Å². The van der Waals surface area contributed by atoms with Gasteiger partial charge in [-0.25, -0.2) is 16.8 Å². The minimum absolute atomic E-state index is 0.140. The van der Waals surface area contributed by atoms with Gasteiger partial charge in [0.05, 0.1) is 22.4 Å². The highest BCUT2D eigenvalue weighted by Gasteiger charge is 2.36. The number of sulfonamides is 1. The Bertz CT molecular complexity index is 1070. The summed E-state index contributed by atoms with van der Waals surface area (Å²) in [5.41, 5.74) is 3.19. The van der Waals surface area contributed by atoms with E-state index >= 15 is 0 Å². The Hall–Kier alpha value is -2.12. The maximum Gasteiger partial charge on any atom is 0.264 e. The van der Waals surface area contributed by atoms with Crippen LogP contribution in [0.4, 0.5) is 5.69 Å². The van der Waals surface area contributed by atoms with E-state index in [4.69, 9.17) is 0 Å². The van der Waals surface area contributed by atoms with Gasteiger partial charge in [-0.2, -0.15) is 0 Å². The molecule has 0 radical (unpaired) electrons. The van der Waals surface area contributed by atoms with E-state index in [9.17, 15) is 16.8 Å². The molecule has 1 aliphatic heterocycles. The van der Waals surface area contributed by atoms with E-state index in [0.717, 1.165) is 22.1 Å². The molecule has 0 amide bonds. The van der Waals surface area contributed by atoms with Crippen LogP contribution >= 0.6 is 0 Å². The van der Waals surface area contributed by atoms with Gasteiger partial charge in [0.15, 0.2) is 9.84 Å². The summed E-state index contributed by atoms with van der Waals surface area (Å²) in [6.07, 6.45) is 1.45. The topological polar surface area (TPSA) is 71.5 Å². The molecule has 2 aromatic carbocycles. The van der Waals surface area contributed by atoms with Gasteiger partial charge in [-0.15, -0.1) is 0 Å². The molecule has 3 rings (SSSR count). The van der Waals surface area contributed by atoms with E-state index in [1.54, 1.807) is 36.4 Å². The molecule has 1 unspecified atom stereocenters. The summed E-state index contributed by atoms with van der Waals surface area (Å²) in [7, 11) is -7.33. The Morgan fingerprint density at radius 2 is 1.65 bits per heavy atom. The van der Waals surface area contributed by atoms with Crippen LogP contribution in [-0.4, -0.2) is 28.6 Å². The Labute approximate surface area is 154 Å². The van der Waals surface area contributed by atoms with E-state index in [0.29, 0.717) is 5.69 Å².